The molecule has 2 aliphatic rings. The topological polar surface area (TPSA) is 164 Å². The molecule has 0 spiro atoms. The van der Waals surface area contributed by atoms with E-state index < -0.39 is 41.1 Å². The highest BCUT2D eigenvalue weighted by Crippen LogP contribution is 2.41. The SMILES string of the molecule is Cc1csc(=S)n1CC(=O)NC(C(=O)NC1C(=O)N2C(C(=O)O)=C(CSc3nnnn3C)CS[C@@H]12)c1ccccc1. The van der Waals surface area contributed by atoms with Crippen LogP contribution in [0.25, 0.3) is 0 Å². The van der Waals surface area contributed by atoms with Crippen LogP contribution in [0.15, 0.2) is 52.1 Å². The van der Waals surface area contributed by atoms with Gasteiger partial charge in [0.25, 0.3) is 5.91 Å². The first-order valence-electron chi connectivity index (χ1n) is 12.2. The molecule has 4 heterocycles. The smallest absolute Gasteiger partial charge is 0.352 e. The van der Waals surface area contributed by atoms with E-state index in [1.165, 1.54) is 44.4 Å². The van der Waals surface area contributed by atoms with Gasteiger partial charge in [0.1, 0.15) is 29.7 Å². The maximum absolute atomic E-state index is 13.5. The van der Waals surface area contributed by atoms with Gasteiger partial charge in [0.2, 0.25) is 17.0 Å². The van der Waals surface area contributed by atoms with Crippen LogP contribution in [0.2, 0.25) is 0 Å². The summed E-state index contributed by atoms with van der Waals surface area (Å²) in [7, 11) is 1.68. The van der Waals surface area contributed by atoms with Gasteiger partial charge in [-0.3, -0.25) is 19.3 Å². The molecule has 2 aliphatic heterocycles. The van der Waals surface area contributed by atoms with Crippen LogP contribution in [0.3, 0.4) is 0 Å². The summed E-state index contributed by atoms with van der Waals surface area (Å²) in [4.78, 5) is 53.1. The third-order valence-electron chi connectivity index (χ3n) is 6.48. The summed E-state index contributed by atoms with van der Waals surface area (Å²) >= 11 is 9.27. The summed E-state index contributed by atoms with van der Waals surface area (Å²) in [5, 5.41) is 28.5. The number of thiazole rings is 1. The van der Waals surface area contributed by atoms with Crippen LogP contribution in [0.4, 0.5) is 0 Å². The molecule has 2 aromatic heterocycles. The van der Waals surface area contributed by atoms with Crippen molar-refractivity contribution in [1.82, 2.24) is 40.3 Å². The van der Waals surface area contributed by atoms with Crippen molar-refractivity contribution in [2.24, 2.45) is 7.05 Å². The molecule has 41 heavy (non-hydrogen) atoms. The largest absolute Gasteiger partial charge is 0.477 e. The maximum Gasteiger partial charge on any atom is 0.352 e. The van der Waals surface area contributed by atoms with Crippen molar-refractivity contribution in [3.63, 3.8) is 0 Å². The van der Waals surface area contributed by atoms with Gasteiger partial charge in [-0.15, -0.1) is 28.2 Å². The van der Waals surface area contributed by atoms with E-state index in [-0.39, 0.29) is 18.0 Å². The zero-order valence-electron chi connectivity index (χ0n) is 21.7. The lowest BCUT2D eigenvalue weighted by atomic mass is 10.0. The summed E-state index contributed by atoms with van der Waals surface area (Å²) in [5.41, 5.74) is 1.83. The van der Waals surface area contributed by atoms with E-state index in [4.69, 9.17) is 12.2 Å². The Balaban J connectivity index is 1.30. The monoisotopic (exact) mass is 632 g/mol. The maximum atomic E-state index is 13.5. The summed E-state index contributed by atoms with van der Waals surface area (Å²) in [6.07, 6.45) is 0. The number of carbonyl (C=O) groups is 4. The van der Waals surface area contributed by atoms with Crippen molar-refractivity contribution in [3.05, 3.63) is 62.2 Å². The molecule has 1 fully saturated rings. The molecule has 0 saturated carbocycles. The molecule has 13 nitrogen and oxygen atoms in total. The fourth-order valence-corrected chi connectivity index (χ4v) is 7.84. The summed E-state index contributed by atoms with van der Waals surface area (Å²) in [6, 6.07) is 6.67. The number of carboxylic acid groups (broad SMARTS) is 1. The Morgan fingerprint density at radius 1 is 1.27 bits per heavy atom. The highest BCUT2D eigenvalue weighted by molar-refractivity contribution is 8.01. The lowest BCUT2D eigenvalue weighted by molar-refractivity contribution is -0.151. The number of carbonyl (C=O) groups excluding carboxylic acids is 3. The van der Waals surface area contributed by atoms with Gasteiger partial charge in [-0.25, -0.2) is 9.48 Å². The van der Waals surface area contributed by atoms with Gasteiger partial charge < -0.3 is 20.3 Å². The Bertz CT molecular complexity index is 1600. The van der Waals surface area contributed by atoms with E-state index in [2.05, 4.69) is 26.2 Å². The average Bonchev–Trinajstić information content (AvgIpc) is 3.52. The number of benzene rings is 1. The first kappa shape index (κ1) is 29.0. The van der Waals surface area contributed by atoms with Crippen molar-refractivity contribution in [3.8, 4) is 0 Å². The van der Waals surface area contributed by atoms with E-state index in [0.29, 0.717) is 26.0 Å². The molecule has 1 saturated heterocycles. The van der Waals surface area contributed by atoms with Crippen molar-refractivity contribution in [2.45, 2.75) is 36.1 Å². The number of nitrogens with one attached hydrogen (secondary N) is 2. The lowest BCUT2D eigenvalue weighted by Crippen LogP contribution is -2.71. The quantitative estimate of drug-likeness (QED) is 0.169. The molecule has 2 unspecified atom stereocenters. The van der Waals surface area contributed by atoms with Crippen molar-refractivity contribution in [2.75, 3.05) is 11.5 Å². The summed E-state index contributed by atoms with van der Waals surface area (Å²) in [6.45, 7) is 1.78. The Morgan fingerprint density at radius 3 is 2.66 bits per heavy atom. The minimum atomic E-state index is -1.23. The van der Waals surface area contributed by atoms with Gasteiger partial charge in [-0.1, -0.05) is 42.1 Å². The second kappa shape index (κ2) is 12.1. The van der Waals surface area contributed by atoms with Crippen LogP contribution in [0, 0.1) is 10.9 Å². The number of aromatic nitrogens is 5. The Kier molecular flexibility index (Phi) is 8.58. The van der Waals surface area contributed by atoms with Gasteiger partial charge in [0.15, 0.2) is 3.95 Å². The zero-order valence-corrected chi connectivity index (χ0v) is 25.0. The summed E-state index contributed by atoms with van der Waals surface area (Å²) < 4.78 is 3.70. The van der Waals surface area contributed by atoms with Crippen molar-refractivity contribution >= 4 is 70.8 Å². The number of rotatable bonds is 10. The zero-order chi connectivity index (χ0) is 29.3. The minimum absolute atomic E-state index is 0.0582. The van der Waals surface area contributed by atoms with Crippen LogP contribution in [-0.4, -0.2) is 81.4 Å². The van der Waals surface area contributed by atoms with Gasteiger partial charge in [-0.05, 0) is 40.7 Å². The predicted octanol–water partition coefficient (Wildman–Crippen LogP) is 1.50. The Morgan fingerprint density at radius 2 is 2.02 bits per heavy atom. The van der Waals surface area contributed by atoms with Crippen molar-refractivity contribution in [1.29, 1.82) is 0 Å². The van der Waals surface area contributed by atoms with Crippen LogP contribution in [-0.2, 0) is 32.8 Å². The second-order valence-electron chi connectivity index (χ2n) is 9.17. The molecule has 0 bridgehead atoms. The van der Waals surface area contributed by atoms with Crippen LogP contribution >= 0.6 is 47.1 Å². The predicted molar refractivity (Wildman–Crippen MR) is 154 cm³/mol. The number of aryl methyl sites for hydroxylation is 2. The number of carboxylic acids is 1. The minimum Gasteiger partial charge on any atom is -0.477 e. The van der Waals surface area contributed by atoms with E-state index >= 15 is 0 Å². The number of β-lactam (4-membered cyclic amide) rings is 1. The number of thioether (sulfide) groups is 2. The molecule has 1 aromatic carbocycles. The number of hydrogen-bond acceptors (Lipinski definition) is 11. The normalized spacial score (nSPS) is 18.9. The summed E-state index contributed by atoms with van der Waals surface area (Å²) in [5.74, 6) is -2.12. The molecular weight excluding hydrogens is 609 g/mol. The number of amides is 3. The van der Waals surface area contributed by atoms with E-state index in [1.54, 1.807) is 41.9 Å². The average molecular weight is 633 g/mol. The van der Waals surface area contributed by atoms with Gasteiger partial charge in [0.05, 0.1) is 0 Å². The van der Waals surface area contributed by atoms with Crippen LogP contribution in [0.5, 0.6) is 0 Å². The number of fused-ring (bicyclic) bond motifs is 1. The highest BCUT2D eigenvalue weighted by Gasteiger charge is 2.54. The molecular formula is C24H24N8O5S4. The van der Waals surface area contributed by atoms with Crippen molar-refractivity contribution < 1.29 is 24.3 Å². The molecule has 0 aliphatic carbocycles. The molecule has 0 radical (unpaired) electrons. The van der Waals surface area contributed by atoms with E-state index in [1.807, 2.05) is 12.3 Å². The fraction of sp³-hybridized carbons (Fsp3) is 0.333. The highest BCUT2D eigenvalue weighted by atomic mass is 32.2. The Labute approximate surface area is 251 Å². The molecule has 3 amide bonds. The van der Waals surface area contributed by atoms with Gasteiger partial charge >= 0.3 is 5.97 Å². The molecule has 5 rings (SSSR count). The van der Waals surface area contributed by atoms with Gasteiger partial charge in [0, 0.05) is 29.6 Å². The van der Waals surface area contributed by atoms with Crippen LogP contribution in [0.1, 0.15) is 17.3 Å². The third kappa shape index (κ3) is 5.93. The fourth-order valence-electron chi connectivity index (χ4n) is 4.42. The van der Waals surface area contributed by atoms with Gasteiger partial charge in [-0.2, -0.15) is 0 Å². The molecule has 3 aromatic rings. The number of nitrogens with zero attached hydrogens (tertiary/aromatic N) is 6. The first-order chi connectivity index (χ1) is 19.7. The van der Waals surface area contributed by atoms with E-state index in [9.17, 15) is 24.3 Å². The Hall–Kier alpha value is -3.54. The standard InChI is InChI=1S/C24H24N8O5S4/c1-12-9-41-24(38)31(12)8-15(33)25-16(13-6-4-3-5-7-13)19(34)26-17-20(35)32-18(22(36)37)14(10-39-21(17)32)11-40-23-27-28-29-30(23)2/h3-7,9,16-17,21H,8,10-11H2,1-2H3,(H,25,33)(H,26,34)(H,36,37)/t16?,17?,21-/m0/s1. The molecule has 3 atom stereocenters. The second-order valence-corrected chi connectivity index (χ2v) is 12.7. The molecule has 3 N–H and O–H groups in total. The first-order valence-corrected chi connectivity index (χ1v) is 15.5. The number of aliphatic carboxylic acids is 1. The molecule has 17 heteroatoms. The lowest BCUT2D eigenvalue weighted by Gasteiger charge is -2.49. The van der Waals surface area contributed by atoms with E-state index in [0.717, 1.165) is 5.69 Å². The number of hydrogen-bond donors (Lipinski definition) is 3. The van der Waals surface area contributed by atoms with Crippen LogP contribution < -0.4 is 10.6 Å². The third-order valence-corrected chi connectivity index (χ3v) is 10.3. The molecule has 214 valence electrons. The number of tetrazole rings is 1.